The molecule has 2 aliphatic rings. The van der Waals surface area contributed by atoms with Crippen molar-refractivity contribution in [2.75, 3.05) is 33.2 Å². The van der Waals surface area contributed by atoms with E-state index in [4.69, 9.17) is 5.26 Å². The third-order valence-corrected chi connectivity index (χ3v) is 5.30. The van der Waals surface area contributed by atoms with Gasteiger partial charge in [-0.3, -0.25) is 4.99 Å². The summed E-state index contributed by atoms with van der Waals surface area (Å²) in [5.74, 6) is 0.564. The van der Waals surface area contributed by atoms with E-state index in [0.717, 1.165) is 37.5 Å². The first-order chi connectivity index (χ1) is 16.4. The second kappa shape index (κ2) is 19.7. The maximum Gasteiger partial charge on any atom is 0.137 e. The Balaban J connectivity index is 0.000000701. The van der Waals surface area contributed by atoms with Gasteiger partial charge in [-0.15, -0.1) is 0 Å². The van der Waals surface area contributed by atoms with Crippen molar-refractivity contribution in [3.05, 3.63) is 71.8 Å². The van der Waals surface area contributed by atoms with E-state index in [9.17, 15) is 4.39 Å². The van der Waals surface area contributed by atoms with Crippen LogP contribution in [0.3, 0.4) is 0 Å². The number of hydrogen-bond acceptors (Lipinski definition) is 4. The summed E-state index contributed by atoms with van der Waals surface area (Å²) >= 11 is 0. The first kappa shape index (κ1) is 31.3. The highest BCUT2D eigenvalue weighted by molar-refractivity contribution is 5.94. The fraction of sp³-hybridized carbons (Fsp3) is 0.517. The predicted octanol–water partition coefficient (Wildman–Crippen LogP) is 7.52. The lowest BCUT2D eigenvalue weighted by atomic mass is 10.1. The maximum absolute atomic E-state index is 12.8. The van der Waals surface area contributed by atoms with Gasteiger partial charge >= 0.3 is 0 Å². The van der Waals surface area contributed by atoms with Crippen molar-refractivity contribution in [1.29, 1.82) is 5.26 Å². The van der Waals surface area contributed by atoms with Gasteiger partial charge in [0.1, 0.15) is 11.7 Å². The van der Waals surface area contributed by atoms with Gasteiger partial charge in [0.2, 0.25) is 0 Å². The Morgan fingerprint density at radius 1 is 1.26 bits per heavy atom. The lowest BCUT2D eigenvalue weighted by molar-refractivity contribution is 0.328. The SMILES string of the molecule is C=CC1=NCC(CCN(C)CCCCC)=CN1C/C=C\C.CC.CC1=CCC(C#N)=C(F)C=C1. The molecule has 0 bridgehead atoms. The minimum Gasteiger partial charge on any atom is -0.330 e. The van der Waals surface area contributed by atoms with Crippen LogP contribution in [0.1, 0.15) is 66.7 Å². The molecule has 0 aromatic carbocycles. The van der Waals surface area contributed by atoms with Gasteiger partial charge in [-0.25, -0.2) is 4.39 Å². The van der Waals surface area contributed by atoms with Crippen LogP contribution in [0.5, 0.6) is 0 Å². The highest BCUT2D eigenvalue weighted by Crippen LogP contribution is 2.17. The van der Waals surface area contributed by atoms with Crippen LogP contribution in [0, 0.1) is 11.3 Å². The molecule has 0 radical (unpaired) electrons. The molecule has 4 nitrogen and oxygen atoms in total. The molecule has 0 spiro atoms. The van der Waals surface area contributed by atoms with Crippen LogP contribution in [-0.4, -0.2) is 48.9 Å². The number of rotatable bonds is 10. The van der Waals surface area contributed by atoms with Crippen molar-refractivity contribution in [1.82, 2.24) is 9.80 Å². The standard InChI is InChI=1S/C18H31N3.C9H8FN.C2H6/c1-5-8-10-12-20(4)14-11-17-15-19-18(7-3)21(16-17)13-9-6-2;1-7-2-4-8(6-11)9(10)5-3-7;1-2/h6-7,9,16H,3,5,8,10-15H2,1-2,4H3;2-3,5H,4H2,1H3;1-2H3/b9-6-;;. The Bertz CT molecular complexity index is 822. The number of unbranched alkanes of at least 4 members (excludes halogenated alkanes) is 2. The van der Waals surface area contributed by atoms with E-state index in [1.807, 2.05) is 45.9 Å². The number of halogens is 1. The van der Waals surface area contributed by atoms with Crippen molar-refractivity contribution in [3.63, 3.8) is 0 Å². The van der Waals surface area contributed by atoms with Gasteiger partial charge in [0.15, 0.2) is 0 Å². The van der Waals surface area contributed by atoms with Crippen molar-refractivity contribution < 1.29 is 4.39 Å². The molecule has 0 aromatic heterocycles. The Labute approximate surface area is 208 Å². The molecule has 188 valence electrons. The second-order valence-corrected chi connectivity index (χ2v) is 8.07. The Kier molecular flexibility index (Phi) is 18.2. The molecule has 2 rings (SSSR count). The van der Waals surface area contributed by atoms with Crippen LogP contribution >= 0.6 is 0 Å². The molecule has 5 heteroatoms. The molecular formula is C29H45FN4. The maximum atomic E-state index is 12.8. The fourth-order valence-corrected chi connectivity index (χ4v) is 3.20. The predicted molar refractivity (Wildman–Crippen MR) is 146 cm³/mol. The highest BCUT2D eigenvalue weighted by atomic mass is 19.1. The third-order valence-electron chi connectivity index (χ3n) is 5.30. The third kappa shape index (κ3) is 13.1. The van der Waals surface area contributed by atoms with Crippen LogP contribution in [0.2, 0.25) is 0 Å². The summed E-state index contributed by atoms with van der Waals surface area (Å²) in [5, 5.41) is 8.46. The molecule has 0 aromatic rings. The van der Waals surface area contributed by atoms with Crippen molar-refractivity contribution in [3.8, 4) is 6.07 Å². The zero-order valence-corrected chi connectivity index (χ0v) is 22.3. The minimum atomic E-state index is -0.416. The van der Waals surface area contributed by atoms with E-state index in [-0.39, 0.29) is 5.57 Å². The van der Waals surface area contributed by atoms with Gasteiger partial charge in [-0.2, -0.15) is 5.26 Å². The van der Waals surface area contributed by atoms with Gasteiger partial charge < -0.3 is 9.80 Å². The fourth-order valence-electron chi connectivity index (χ4n) is 3.20. The summed E-state index contributed by atoms with van der Waals surface area (Å²) in [6.07, 6.45) is 18.6. The summed E-state index contributed by atoms with van der Waals surface area (Å²) in [6, 6.07) is 1.82. The van der Waals surface area contributed by atoms with Crippen LogP contribution in [0.4, 0.5) is 4.39 Å². The smallest absolute Gasteiger partial charge is 0.137 e. The van der Waals surface area contributed by atoms with Crippen molar-refractivity contribution in [2.24, 2.45) is 4.99 Å². The molecular weight excluding hydrogens is 423 g/mol. The number of amidine groups is 1. The molecule has 1 aliphatic carbocycles. The molecule has 1 heterocycles. The van der Waals surface area contributed by atoms with Gasteiger partial charge in [-0.1, -0.05) is 70.1 Å². The summed E-state index contributed by atoms with van der Waals surface area (Å²) in [6.45, 7) is 18.0. The normalized spacial score (nSPS) is 15.4. The first-order valence-corrected chi connectivity index (χ1v) is 12.5. The number of hydrogen-bond donors (Lipinski definition) is 0. The molecule has 0 saturated heterocycles. The van der Waals surface area contributed by atoms with E-state index in [1.165, 1.54) is 37.5 Å². The van der Waals surface area contributed by atoms with E-state index in [1.54, 1.807) is 6.08 Å². The molecule has 0 amide bonds. The average molecular weight is 469 g/mol. The highest BCUT2D eigenvalue weighted by Gasteiger charge is 2.12. The van der Waals surface area contributed by atoms with E-state index >= 15 is 0 Å². The summed E-state index contributed by atoms with van der Waals surface area (Å²) < 4.78 is 12.8. The molecule has 0 fully saturated rings. The van der Waals surface area contributed by atoms with Crippen LogP contribution < -0.4 is 0 Å². The average Bonchev–Trinajstić information content (AvgIpc) is 3.03. The van der Waals surface area contributed by atoms with Gasteiger partial charge in [-0.05, 0) is 58.0 Å². The summed E-state index contributed by atoms with van der Waals surface area (Å²) in [4.78, 5) is 9.23. The minimum absolute atomic E-state index is 0.207. The Morgan fingerprint density at radius 3 is 2.62 bits per heavy atom. The van der Waals surface area contributed by atoms with E-state index in [0.29, 0.717) is 6.42 Å². The van der Waals surface area contributed by atoms with Crippen LogP contribution in [-0.2, 0) is 0 Å². The number of nitrogens with zero attached hydrogens (tertiary/aromatic N) is 4. The largest absolute Gasteiger partial charge is 0.330 e. The van der Waals surface area contributed by atoms with Gasteiger partial charge in [0.05, 0.1) is 18.2 Å². The lowest BCUT2D eigenvalue weighted by Crippen LogP contribution is -2.29. The molecule has 0 unspecified atom stereocenters. The monoisotopic (exact) mass is 468 g/mol. The van der Waals surface area contributed by atoms with Crippen molar-refractivity contribution >= 4 is 5.84 Å². The molecule has 1 aliphatic heterocycles. The number of nitriles is 1. The number of aliphatic imine (C=N–C) groups is 1. The Hall–Kier alpha value is -2.71. The van der Waals surface area contributed by atoms with Gasteiger partial charge in [0, 0.05) is 25.7 Å². The van der Waals surface area contributed by atoms with Gasteiger partial charge in [0.25, 0.3) is 0 Å². The lowest BCUT2D eigenvalue weighted by Gasteiger charge is -2.25. The quantitative estimate of drug-likeness (QED) is 0.246. The number of allylic oxidation sites excluding steroid dienone is 7. The molecule has 34 heavy (non-hydrogen) atoms. The Morgan fingerprint density at radius 2 is 2.00 bits per heavy atom. The second-order valence-electron chi connectivity index (χ2n) is 8.07. The molecule has 0 atom stereocenters. The zero-order valence-electron chi connectivity index (χ0n) is 22.3. The molecule has 0 N–H and O–H groups in total. The van der Waals surface area contributed by atoms with Crippen LogP contribution in [0.15, 0.2) is 76.8 Å². The summed E-state index contributed by atoms with van der Waals surface area (Å²) in [5.41, 5.74) is 2.61. The van der Waals surface area contributed by atoms with E-state index < -0.39 is 5.83 Å². The first-order valence-electron chi connectivity index (χ1n) is 12.5. The summed E-state index contributed by atoms with van der Waals surface area (Å²) in [7, 11) is 2.22. The van der Waals surface area contributed by atoms with Crippen LogP contribution in [0.25, 0.3) is 0 Å². The van der Waals surface area contributed by atoms with Crippen molar-refractivity contribution in [2.45, 2.75) is 66.7 Å². The topological polar surface area (TPSA) is 42.6 Å². The zero-order chi connectivity index (χ0) is 25.8. The van der Waals surface area contributed by atoms with E-state index in [2.05, 4.69) is 53.7 Å². The molecule has 0 saturated carbocycles.